The second kappa shape index (κ2) is 7.07. The first-order valence-corrected chi connectivity index (χ1v) is 8.70. The summed E-state index contributed by atoms with van der Waals surface area (Å²) in [5, 5.41) is 4.11. The van der Waals surface area contributed by atoms with E-state index < -0.39 is 0 Å². The fourth-order valence-electron chi connectivity index (χ4n) is 3.50. The van der Waals surface area contributed by atoms with Crippen molar-refractivity contribution in [1.82, 2.24) is 10.2 Å². The summed E-state index contributed by atoms with van der Waals surface area (Å²) in [6.07, 6.45) is 0.864. The SMILES string of the molecule is Cc1c(Cl)cccc1N1CCN(C(=O)[C@@H]2CC(CN)CN2)CC1. The van der Waals surface area contributed by atoms with Crippen LogP contribution in [-0.2, 0) is 4.79 Å². The number of amides is 1. The maximum Gasteiger partial charge on any atom is 0.239 e. The lowest BCUT2D eigenvalue weighted by Gasteiger charge is -2.38. The number of nitrogens with zero attached hydrogens (tertiary/aromatic N) is 2. The number of anilines is 1. The van der Waals surface area contributed by atoms with E-state index in [1.165, 1.54) is 5.69 Å². The molecule has 2 saturated heterocycles. The summed E-state index contributed by atoms with van der Waals surface area (Å²) in [6.45, 7) is 6.77. The van der Waals surface area contributed by atoms with Gasteiger partial charge in [-0.2, -0.15) is 0 Å². The molecule has 1 amide bonds. The number of hydrogen-bond donors (Lipinski definition) is 2. The molecule has 0 bridgehead atoms. The minimum atomic E-state index is -0.0528. The molecule has 0 aliphatic carbocycles. The highest BCUT2D eigenvalue weighted by atomic mass is 35.5. The molecule has 0 aromatic heterocycles. The highest BCUT2D eigenvalue weighted by Crippen LogP contribution is 2.27. The number of hydrogen-bond acceptors (Lipinski definition) is 4. The van der Waals surface area contributed by atoms with Gasteiger partial charge in [-0.05, 0) is 50.0 Å². The molecule has 1 aromatic carbocycles. The first kappa shape index (κ1) is 16.6. The molecule has 0 radical (unpaired) electrons. The van der Waals surface area contributed by atoms with Crippen molar-refractivity contribution in [2.75, 3.05) is 44.2 Å². The molecule has 0 saturated carbocycles. The van der Waals surface area contributed by atoms with Crippen LogP contribution in [0.1, 0.15) is 12.0 Å². The lowest BCUT2D eigenvalue weighted by Crippen LogP contribution is -2.53. The van der Waals surface area contributed by atoms with Crippen LogP contribution in [0.25, 0.3) is 0 Å². The fraction of sp³-hybridized carbons (Fsp3) is 0.588. The third kappa shape index (κ3) is 3.47. The first-order chi connectivity index (χ1) is 11.1. The van der Waals surface area contributed by atoms with Gasteiger partial charge in [0.1, 0.15) is 0 Å². The topological polar surface area (TPSA) is 61.6 Å². The molecular weight excluding hydrogens is 312 g/mol. The van der Waals surface area contributed by atoms with Gasteiger partial charge in [-0.25, -0.2) is 0 Å². The van der Waals surface area contributed by atoms with E-state index in [0.717, 1.165) is 49.7 Å². The molecule has 0 spiro atoms. The van der Waals surface area contributed by atoms with E-state index in [2.05, 4.69) is 16.3 Å². The lowest BCUT2D eigenvalue weighted by molar-refractivity contribution is -0.133. The Morgan fingerprint density at radius 1 is 1.35 bits per heavy atom. The molecule has 1 aromatic rings. The Morgan fingerprint density at radius 2 is 2.09 bits per heavy atom. The summed E-state index contributed by atoms with van der Waals surface area (Å²) in [5.41, 5.74) is 7.98. The normalized spacial score (nSPS) is 25.0. The standard InChI is InChI=1S/C17H25ClN4O/c1-12-14(18)3-2-4-16(12)21-5-7-22(8-6-21)17(23)15-9-13(10-19)11-20-15/h2-4,13,15,20H,5-11,19H2,1H3/t13?,15-/m0/s1. The number of piperazine rings is 1. The Labute approximate surface area is 142 Å². The van der Waals surface area contributed by atoms with Crippen LogP contribution >= 0.6 is 11.6 Å². The maximum atomic E-state index is 12.6. The van der Waals surface area contributed by atoms with Crippen molar-refractivity contribution in [3.8, 4) is 0 Å². The van der Waals surface area contributed by atoms with Crippen molar-refractivity contribution in [3.05, 3.63) is 28.8 Å². The summed E-state index contributed by atoms with van der Waals surface area (Å²) in [6, 6.07) is 5.95. The van der Waals surface area contributed by atoms with Gasteiger partial charge < -0.3 is 20.9 Å². The summed E-state index contributed by atoms with van der Waals surface area (Å²) in [7, 11) is 0. The number of carbonyl (C=O) groups excluding carboxylic acids is 1. The van der Waals surface area contributed by atoms with Crippen molar-refractivity contribution in [2.24, 2.45) is 11.7 Å². The van der Waals surface area contributed by atoms with Crippen LogP contribution in [0.15, 0.2) is 18.2 Å². The van der Waals surface area contributed by atoms with E-state index in [-0.39, 0.29) is 11.9 Å². The molecule has 3 rings (SSSR count). The van der Waals surface area contributed by atoms with Gasteiger partial charge in [0.25, 0.3) is 0 Å². The van der Waals surface area contributed by atoms with Gasteiger partial charge in [-0.1, -0.05) is 17.7 Å². The van der Waals surface area contributed by atoms with Gasteiger partial charge in [-0.3, -0.25) is 4.79 Å². The van der Waals surface area contributed by atoms with Gasteiger partial charge in [0.2, 0.25) is 5.91 Å². The van der Waals surface area contributed by atoms with E-state index >= 15 is 0 Å². The molecule has 3 N–H and O–H groups in total. The van der Waals surface area contributed by atoms with Crippen molar-refractivity contribution in [2.45, 2.75) is 19.4 Å². The van der Waals surface area contributed by atoms with Gasteiger partial charge in [0, 0.05) is 36.9 Å². The number of carbonyl (C=O) groups is 1. The number of nitrogens with two attached hydrogens (primary N) is 1. The lowest BCUT2D eigenvalue weighted by atomic mass is 10.0. The van der Waals surface area contributed by atoms with Crippen molar-refractivity contribution >= 4 is 23.2 Å². The second-order valence-electron chi connectivity index (χ2n) is 6.49. The smallest absolute Gasteiger partial charge is 0.239 e. The monoisotopic (exact) mass is 336 g/mol. The third-order valence-corrected chi connectivity index (χ3v) is 5.43. The van der Waals surface area contributed by atoms with Crippen LogP contribution in [0.2, 0.25) is 5.02 Å². The van der Waals surface area contributed by atoms with Gasteiger partial charge in [0.15, 0.2) is 0 Å². The van der Waals surface area contributed by atoms with Crippen LogP contribution in [0.3, 0.4) is 0 Å². The Hall–Kier alpha value is -1.30. The average Bonchev–Trinajstić information content (AvgIpc) is 3.06. The number of benzene rings is 1. The van der Waals surface area contributed by atoms with E-state index in [1.807, 2.05) is 24.0 Å². The Balaban J connectivity index is 1.58. The van der Waals surface area contributed by atoms with Crippen LogP contribution in [0.5, 0.6) is 0 Å². The summed E-state index contributed by atoms with van der Waals surface area (Å²) in [5.74, 6) is 0.655. The molecule has 126 valence electrons. The minimum Gasteiger partial charge on any atom is -0.368 e. The number of halogens is 1. The van der Waals surface area contributed by atoms with Gasteiger partial charge in [0.05, 0.1) is 6.04 Å². The van der Waals surface area contributed by atoms with E-state index in [4.69, 9.17) is 17.3 Å². The zero-order chi connectivity index (χ0) is 16.4. The van der Waals surface area contributed by atoms with Crippen LogP contribution < -0.4 is 16.0 Å². The quantitative estimate of drug-likeness (QED) is 0.871. The van der Waals surface area contributed by atoms with E-state index in [1.54, 1.807) is 0 Å². The molecular formula is C17H25ClN4O. The predicted octanol–water partition coefficient (Wildman–Crippen LogP) is 1.23. The molecule has 2 aliphatic heterocycles. The van der Waals surface area contributed by atoms with Crippen molar-refractivity contribution in [1.29, 1.82) is 0 Å². The number of nitrogens with one attached hydrogen (secondary N) is 1. The zero-order valence-electron chi connectivity index (χ0n) is 13.6. The maximum absolute atomic E-state index is 12.6. The highest BCUT2D eigenvalue weighted by molar-refractivity contribution is 6.31. The Kier molecular flexibility index (Phi) is 5.09. The van der Waals surface area contributed by atoms with E-state index in [0.29, 0.717) is 12.5 Å². The summed E-state index contributed by atoms with van der Waals surface area (Å²) >= 11 is 6.22. The van der Waals surface area contributed by atoms with Crippen molar-refractivity contribution in [3.63, 3.8) is 0 Å². The molecule has 5 nitrogen and oxygen atoms in total. The minimum absolute atomic E-state index is 0.0528. The first-order valence-electron chi connectivity index (χ1n) is 8.32. The zero-order valence-corrected chi connectivity index (χ0v) is 14.4. The molecule has 2 aliphatic rings. The van der Waals surface area contributed by atoms with Crippen LogP contribution in [0.4, 0.5) is 5.69 Å². The van der Waals surface area contributed by atoms with E-state index in [9.17, 15) is 4.79 Å². The van der Waals surface area contributed by atoms with Crippen molar-refractivity contribution < 1.29 is 4.79 Å². The van der Waals surface area contributed by atoms with Crippen LogP contribution in [-0.4, -0.2) is 56.1 Å². The predicted molar refractivity (Wildman–Crippen MR) is 93.9 cm³/mol. The Bertz CT molecular complexity index is 572. The molecule has 6 heteroatoms. The Morgan fingerprint density at radius 3 is 2.74 bits per heavy atom. The number of rotatable bonds is 3. The molecule has 1 unspecified atom stereocenters. The van der Waals surface area contributed by atoms with Gasteiger partial charge in [-0.15, -0.1) is 0 Å². The molecule has 2 fully saturated rings. The average molecular weight is 337 g/mol. The summed E-state index contributed by atoms with van der Waals surface area (Å²) in [4.78, 5) is 16.9. The second-order valence-corrected chi connectivity index (χ2v) is 6.90. The molecule has 2 heterocycles. The van der Waals surface area contributed by atoms with Crippen LogP contribution in [0, 0.1) is 12.8 Å². The highest BCUT2D eigenvalue weighted by Gasteiger charge is 2.33. The molecule has 2 atom stereocenters. The summed E-state index contributed by atoms with van der Waals surface area (Å²) < 4.78 is 0. The fourth-order valence-corrected chi connectivity index (χ4v) is 3.67. The molecule has 23 heavy (non-hydrogen) atoms. The largest absolute Gasteiger partial charge is 0.368 e. The van der Waals surface area contributed by atoms with Gasteiger partial charge >= 0.3 is 0 Å². The third-order valence-electron chi connectivity index (χ3n) is 5.02.